The number of para-hydroxylation sites is 1. The SMILES string of the molecule is C1=COc2ccccc2C1.[Cu].[Ti].[W]. The van der Waals surface area contributed by atoms with E-state index in [-0.39, 0.29) is 59.9 Å². The fraction of sp³-hybridized carbons (Fsp3) is 0.111. The quantitative estimate of drug-likeness (QED) is 0.577. The zero-order chi connectivity index (χ0) is 6.81. The summed E-state index contributed by atoms with van der Waals surface area (Å²) < 4.78 is 5.24. The van der Waals surface area contributed by atoms with Crippen molar-refractivity contribution in [3.05, 3.63) is 42.2 Å². The second-order valence-corrected chi connectivity index (χ2v) is 2.30. The molecule has 0 fully saturated rings. The van der Waals surface area contributed by atoms with Crippen LogP contribution in [0, 0.1) is 0 Å². The van der Waals surface area contributed by atoms with Crippen LogP contribution in [0.25, 0.3) is 0 Å². The molecule has 0 N–H and O–H groups in total. The fourth-order valence-electron chi connectivity index (χ4n) is 1.08. The smallest absolute Gasteiger partial charge is 0.130 e. The summed E-state index contributed by atoms with van der Waals surface area (Å²) in [5.41, 5.74) is 1.27. The van der Waals surface area contributed by atoms with E-state index >= 15 is 0 Å². The van der Waals surface area contributed by atoms with Crippen LogP contribution in [0.5, 0.6) is 5.75 Å². The number of ether oxygens (including phenoxy) is 1. The van der Waals surface area contributed by atoms with Crippen LogP contribution in [0.1, 0.15) is 5.56 Å². The minimum absolute atomic E-state index is 0. The summed E-state index contributed by atoms with van der Waals surface area (Å²) in [5, 5.41) is 0. The van der Waals surface area contributed by atoms with Crippen molar-refractivity contribution in [1.29, 1.82) is 0 Å². The van der Waals surface area contributed by atoms with E-state index in [1.165, 1.54) is 5.56 Å². The molecule has 0 atom stereocenters. The Labute approximate surface area is 118 Å². The fourth-order valence-corrected chi connectivity index (χ4v) is 1.08. The van der Waals surface area contributed by atoms with E-state index in [9.17, 15) is 0 Å². The van der Waals surface area contributed by atoms with Gasteiger partial charge in [-0.2, -0.15) is 0 Å². The van der Waals surface area contributed by atoms with Gasteiger partial charge in [0.2, 0.25) is 0 Å². The van der Waals surface area contributed by atoms with Gasteiger partial charge in [0.1, 0.15) is 5.75 Å². The molecular weight excluding hydrogens is 419 g/mol. The molecule has 0 saturated carbocycles. The normalized spacial score (nSPS) is 10.8. The van der Waals surface area contributed by atoms with Gasteiger partial charge in [0.25, 0.3) is 0 Å². The summed E-state index contributed by atoms with van der Waals surface area (Å²) in [6.07, 6.45) is 4.75. The molecular formula is C9H8CuOTiW. The molecule has 0 aliphatic carbocycles. The van der Waals surface area contributed by atoms with E-state index in [0.717, 1.165) is 12.2 Å². The van der Waals surface area contributed by atoms with Crippen molar-refractivity contribution in [2.75, 3.05) is 0 Å². The third-order valence-electron chi connectivity index (χ3n) is 1.60. The molecule has 0 amide bonds. The van der Waals surface area contributed by atoms with E-state index in [4.69, 9.17) is 4.74 Å². The summed E-state index contributed by atoms with van der Waals surface area (Å²) in [7, 11) is 0. The van der Waals surface area contributed by atoms with E-state index in [2.05, 4.69) is 6.07 Å². The summed E-state index contributed by atoms with van der Waals surface area (Å²) in [6.45, 7) is 0. The van der Waals surface area contributed by atoms with Crippen molar-refractivity contribution in [2.45, 2.75) is 6.42 Å². The molecule has 1 radical (unpaired) electrons. The second-order valence-electron chi connectivity index (χ2n) is 2.30. The van der Waals surface area contributed by atoms with Gasteiger partial charge in [-0.3, -0.25) is 0 Å². The van der Waals surface area contributed by atoms with Crippen molar-refractivity contribution >= 4 is 0 Å². The van der Waals surface area contributed by atoms with Crippen LogP contribution in [0.2, 0.25) is 0 Å². The van der Waals surface area contributed by atoms with Crippen LogP contribution >= 0.6 is 0 Å². The third-order valence-corrected chi connectivity index (χ3v) is 1.60. The van der Waals surface area contributed by atoms with Gasteiger partial charge < -0.3 is 4.74 Å². The molecule has 1 aliphatic rings. The first-order chi connectivity index (χ1) is 4.97. The Morgan fingerprint density at radius 2 is 1.85 bits per heavy atom. The molecule has 2 rings (SSSR count). The van der Waals surface area contributed by atoms with Gasteiger partial charge in [0, 0.05) is 59.9 Å². The molecule has 1 aromatic rings. The number of fused-ring (bicyclic) bond motifs is 1. The van der Waals surface area contributed by atoms with Gasteiger partial charge in [-0.05, 0) is 24.1 Å². The van der Waals surface area contributed by atoms with Crippen molar-refractivity contribution < 1.29 is 64.6 Å². The molecule has 1 heterocycles. The summed E-state index contributed by atoms with van der Waals surface area (Å²) >= 11 is 0. The number of benzene rings is 1. The molecule has 0 aromatic heterocycles. The van der Waals surface area contributed by atoms with Crippen LogP contribution < -0.4 is 4.74 Å². The molecule has 0 bridgehead atoms. The first-order valence-electron chi connectivity index (χ1n) is 3.36. The van der Waals surface area contributed by atoms with Gasteiger partial charge in [-0.15, -0.1) is 0 Å². The third kappa shape index (κ3) is 4.15. The predicted octanol–water partition coefficient (Wildman–Crippen LogP) is 2.13. The first kappa shape index (κ1) is 16.1. The first-order valence-corrected chi connectivity index (χ1v) is 3.36. The zero-order valence-corrected chi connectivity index (χ0v) is 12.2. The van der Waals surface area contributed by atoms with Gasteiger partial charge in [0.05, 0.1) is 6.26 Å². The van der Waals surface area contributed by atoms with Gasteiger partial charge >= 0.3 is 0 Å². The Hall–Kier alpha value is 0.682. The van der Waals surface area contributed by atoms with Crippen LogP contribution in [-0.2, 0) is 66.3 Å². The molecule has 0 unspecified atom stereocenters. The topological polar surface area (TPSA) is 9.23 Å². The van der Waals surface area contributed by atoms with E-state index < -0.39 is 0 Å². The van der Waals surface area contributed by atoms with Crippen LogP contribution in [0.15, 0.2) is 36.6 Å². The number of allylic oxidation sites excluding steroid dienone is 1. The monoisotopic (exact) mass is 427 g/mol. The molecule has 13 heavy (non-hydrogen) atoms. The van der Waals surface area contributed by atoms with Gasteiger partial charge in [-0.25, -0.2) is 0 Å². The standard InChI is InChI=1S/C9H8O.Cu.Ti.W/c1-2-6-9-8(4-1)5-3-7-10-9;;;/h1-4,6-7H,5H2;;;. The van der Waals surface area contributed by atoms with Gasteiger partial charge in [0.15, 0.2) is 0 Å². The number of rotatable bonds is 0. The maximum Gasteiger partial charge on any atom is 0.130 e. The van der Waals surface area contributed by atoms with E-state index in [0.29, 0.717) is 0 Å². The Bertz CT molecular complexity index is 251. The van der Waals surface area contributed by atoms with Crippen LogP contribution in [-0.4, -0.2) is 0 Å². The summed E-state index contributed by atoms with van der Waals surface area (Å²) in [5.74, 6) is 0.991. The Morgan fingerprint density at radius 3 is 2.54 bits per heavy atom. The molecule has 71 valence electrons. The van der Waals surface area contributed by atoms with E-state index in [1.807, 2.05) is 24.3 Å². The minimum atomic E-state index is 0. The maximum atomic E-state index is 5.24. The summed E-state index contributed by atoms with van der Waals surface area (Å²) in [6, 6.07) is 8.08. The number of hydrogen-bond acceptors (Lipinski definition) is 1. The Morgan fingerprint density at radius 1 is 1.15 bits per heavy atom. The van der Waals surface area contributed by atoms with Gasteiger partial charge in [-0.1, -0.05) is 18.2 Å². The van der Waals surface area contributed by atoms with Crippen molar-refractivity contribution in [3.8, 4) is 5.75 Å². The molecule has 4 heteroatoms. The molecule has 1 nitrogen and oxygen atoms in total. The summed E-state index contributed by atoms with van der Waals surface area (Å²) in [4.78, 5) is 0. The molecule has 1 aliphatic heterocycles. The van der Waals surface area contributed by atoms with Crippen LogP contribution in [0.4, 0.5) is 0 Å². The Balaban J connectivity index is 0. The Kier molecular flexibility index (Phi) is 9.96. The molecule has 0 saturated heterocycles. The predicted molar refractivity (Wildman–Crippen MR) is 39.9 cm³/mol. The van der Waals surface area contributed by atoms with Crippen molar-refractivity contribution in [2.24, 2.45) is 0 Å². The molecule has 1 aromatic carbocycles. The average molecular weight is 427 g/mol. The average Bonchev–Trinajstić information content (AvgIpc) is 2.05. The largest absolute Gasteiger partial charge is 0.465 e. The van der Waals surface area contributed by atoms with Crippen molar-refractivity contribution in [1.82, 2.24) is 0 Å². The van der Waals surface area contributed by atoms with Crippen molar-refractivity contribution in [3.63, 3.8) is 0 Å². The van der Waals surface area contributed by atoms with Crippen LogP contribution in [0.3, 0.4) is 0 Å². The second kappa shape index (κ2) is 8.03. The number of hydrogen-bond donors (Lipinski definition) is 0. The zero-order valence-electron chi connectivity index (χ0n) is 6.79. The minimum Gasteiger partial charge on any atom is -0.465 e. The maximum absolute atomic E-state index is 5.24. The van der Waals surface area contributed by atoms with E-state index in [1.54, 1.807) is 6.26 Å². The molecule has 0 spiro atoms.